The first-order valence-electron chi connectivity index (χ1n) is 5.37. The van der Waals surface area contributed by atoms with Crippen LogP contribution in [-0.4, -0.2) is 18.0 Å². The second-order valence-electron chi connectivity index (χ2n) is 4.29. The lowest BCUT2D eigenvalue weighted by atomic mass is 9.93. The van der Waals surface area contributed by atoms with Crippen molar-refractivity contribution < 1.29 is 4.39 Å². The Bertz CT molecular complexity index is 361. The summed E-state index contributed by atoms with van der Waals surface area (Å²) in [6, 6.07) is 5.79. The van der Waals surface area contributed by atoms with Gasteiger partial charge in [0.25, 0.3) is 0 Å². The zero-order valence-corrected chi connectivity index (χ0v) is 8.17. The molecule has 1 fully saturated rings. The van der Waals surface area contributed by atoms with Gasteiger partial charge in [-0.3, -0.25) is 4.90 Å². The van der Waals surface area contributed by atoms with Gasteiger partial charge in [0.05, 0.1) is 0 Å². The highest BCUT2D eigenvalue weighted by Gasteiger charge is 2.30. The minimum Gasteiger partial charge on any atom is -0.296 e. The number of halogens is 1. The van der Waals surface area contributed by atoms with Crippen LogP contribution >= 0.6 is 0 Å². The van der Waals surface area contributed by atoms with Crippen LogP contribution in [0.4, 0.5) is 4.39 Å². The summed E-state index contributed by atoms with van der Waals surface area (Å²) >= 11 is 0. The molecule has 14 heavy (non-hydrogen) atoms. The molecule has 2 heteroatoms. The Balaban J connectivity index is 2.07. The van der Waals surface area contributed by atoms with E-state index in [9.17, 15) is 4.39 Å². The van der Waals surface area contributed by atoms with Crippen molar-refractivity contribution in [1.82, 2.24) is 4.90 Å². The number of rotatable bonds is 0. The number of nitrogens with zero attached hydrogens (tertiary/aromatic N) is 1. The van der Waals surface area contributed by atoms with Gasteiger partial charge in [0.2, 0.25) is 0 Å². The van der Waals surface area contributed by atoms with Crippen LogP contribution in [-0.2, 0) is 6.42 Å². The zero-order chi connectivity index (χ0) is 9.54. The van der Waals surface area contributed by atoms with Gasteiger partial charge in [0.1, 0.15) is 5.82 Å². The third-order valence-electron chi connectivity index (χ3n) is 3.50. The van der Waals surface area contributed by atoms with Crippen molar-refractivity contribution in [2.75, 3.05) is 13.1 Å². The Morgan fingerprint density at radius 2 is 2.21 bits per heavy atom. The normalized spacial score (nSPS) is 25.9. The number of benzene rings is 1. The molecule has 1 atom stereocenters. The van der Waals surface area contributed by atoms with Crippen molar-refractivity contribution in [2.45, 2.75) is 25.3 Å². The number of fused-ring (bicyclic) bond motifs is 3. The molecule has 0 spiro atoms. The van der Waals surface area contributed by atoms with Crippen molar-refractivity contribution in [1.29, 1.82) is 0 Å². The topological polar surface area (TPSA) is 3.24 Å². The molecule has 0 unspecified atom stereocenters. The Kier molecular flexibility index (Phi) is 1.84. The first-order chi connectivity index (χ1) is 6.84. The third-order valence-corrected chi connectivity index (χ3v) is 3.50. The van der Waals surface area contributed by atoms with Crippen LogP contribution in [0, 0.1) is 5.82 Å². The summed E-state index contributed by atoms with van der Waals surface area (Å²) in [7, 11) is 0. The van der Waals surface area contributed by atoms with Crippen molar-refractivity contribution in [3.63, 3.8) is 0 Å². The molecule has 0 N–H and O–H groups in total. The van der Waals surface area contributed by atoms with E-state index in [1.165, 1.54) is 30.5 Å². The summed E-state index contributed by atoms with van der Waals surface area (Å²) in [4.78, 5) is 2.49. The minimum atomic E-state index is -0.0856. The van der Waals surface area contributed by atoms with Crippen LogP contribution in [0.25, 0.3) is 0 Å². The minimum absolute atomic E-state index is 0.0856. The summed E-state index contributed by atoms with van der Waals surface area (Å²) in [6.45, 7) is 2.35. The molecule has 0 radical (unpaired) electrons. The average Bonchev–Trinajstić information content (AvgIpc) is 2.65. The van der Waals surface area contributed by atoms with E-state index in [-0.39, 0.29) is 5.82 Å². The fourth-order valence-corrected chi connectivity index (χ4v) is 2.81. The average molecular weight is 191 g/mol. The Morgan fingerprint density at radius 1 is 1.29 bits per heavy atom. The summed E-state index contributed by atoms with van der Waals surface area (Å²) in [5.41, 5.74) is 2.60. The maximum absolute atomic E-state index is 13.1. The van der Waals surface area contributed by atoms with E-state index in [1.54, 1.807) is 12.1 Å². The number of hydrogen-bond acceptors (Lipinski definition) is 1. The van der Waals surface area contributed by atoms with Gasteiger partial charge in [-0.1, -0.05) is 6.07 Å². The van der Waals surface area contributed by atoms with Crippen LogP contribution < -0.4 is 0 Å². The second kappa shape index (κ2) is 3.06. The van der Waals surface area contributed by atoms with E-state index in [4.69, 9.17) is 0 Å². The predicted molar refractivity (Wildman–Crippen MR) is 53.7 cm³/mol. The molecule has 2 aliphatic heterocycles. The second-order valence-corrected chi connectivity index (χ2v) is 4.29. The molecule has 0 saturated carbocycles. The van der Waals surface area contributed by atoms with E-state index in [0.717, 1.165) is 13.0 Å². The van der Waals surface area contributed by atoms with Crippen LogP contribution in [0.1, 0.15) is 30.0 Å². The highest BCUT2D eigenvalue weighted by atomic mass is 19.1. The van der Waals surface area contributed by atoms with Crippen LogP contribution in [0.2, 0.25) is 0 Å². The third kappa shape index (κ3) is 1.17. The van der Waals surface area contributed by atoms with E-state index in [1.807, 2.05) is 6.07 Å². The van der Waals surface area contributed by atoms with Gasteiger partial charge in [0.15, 0.2) is 0 Å². The summed E-state index contributed by atoms with van der Waals surface area (Å²) in [5, 5.41) is 0. The fraction of sp³-hybridized carbons (Fsp3) is 0.500. The van der Waals surface area contributed by atoms with Crippen molar-refractivity contribution in [3.8, 4) is 0 Å². The van der Waals surface area contributed by atoms with Gasteiger partial charge >= 0.3 is 0 Å². The van der Waals surface area contributed by atoms with Gasteiger partial charge in [-0.15, -0.1) is 0 Å². The van der Waals surface area contributed by atoms with Crippen molar-refractivity contribution >= 4 is 0 Å². The number of hydrogen-bond donors (Lipinski definition) is 0. The molecule has 0 bridgehead atoms. The molecule has 0 amide bonds. The van der Waals surface area contributed by atoms with Gasteiger partial charge < -0.3 is 0 Å². The van der Waals surface area contributed by atoms with Gasteiger partial charge in [-0.05, 0) is 49.1 Å². The van der Waals surface area contributed by atoms with E-state index < -0.39 is 0 Å². The Labute approximate surface area is 83.5 Å². The molecule has 1 aromatic rings. The predicted octanol–water partition coefficient (Wildman–Crippen LogP) is 2.52. The van der Waals surface area contributed by atoms with Crippen LogP contribution in [0.3, 0.4) is 0 Å². The van der Waals surface area contributed by atoms with Gasteiger partial charge in [-0.25, -0.2) is 4.39 Å². The smallest absolute Gasteiger partial charge is 0.123 e. The molecular weight excluding hydrogens is 177 g/mol. The van der Waals surface area contributed by atoms with Crippen molar-refractivity contribution in [2.24, 2.45) is 0 Å². The molecule has 74 valence electrons. The molecule has 2 aliphatic rings. The Hall–Kier alpha value is -0.890. The monoisotopic (exact) mass is 191 g/mol. The largest absolute Gasteiger partial charge is 0.296 e. The van der Waals surface area contributed by atoms with E-state index >= 15 is 0 Å². The highest BCUT2D eigenvalue weighted by molar-refractivity contribution is 5.33. The van der Waals surface area contributed by atoms with E-state index in [0.29, 0.717) is 6.04 Å². The maximum Gasteiger partial charge on any atom is 0.123 e. The van der Waals surface area contributed by atoms with Crippen molar-refractivity contribution in [3.05, 3.63) is 35.1 Å². The quantitative estimate of drug-likeness (QED) is 0.609. The van der Waals surface area contributed by atoms with Gasteiger partial charge in [-0.2, -0.15) is 0 Å². The lowest BCUT2D eigenvalue weighted by Gasteiger charge is -2.31. The molecule has 1 nitrogen and oxygen atoms in total. The standard InChI is InChI=1S/C12H14FN/c13-10-4-3-9-5-7-14-6-1-2-12(14)11(9)8-10/h3-4,8,12H,1-2,5-7H2/t12-/m1/s1. The molecule has 2 heterocycles. The van der Waals surface area contributed by atoms with Crippen LogP contribution in [0.5, 0.6) is 0 Å². The lowest BCUT2D eigenvalue weighted by Crippen LogP contribution is -2.30. The zero-order valence-electron chi connectivity index (χ0n) is 8.17. The summed E-state index contributed by atoms with van der Waals surface area (Å²) < 4.78 is 13.1. The highest BCUT2D eigenvalue weighted by Crippen LogP contribution is 2.37. The molecule has 1 saturated heterocycles. The van der Waals surface area contributed by atoms with E-state index in [2.05, 4.69) is 4.90 Å². The first-order valence-corrected chi connectivity index (χ1v) is 5.37. The summed E-state index contributed by atoms with van der Waals surface area (Å²) in [5.74, 6) is -0.0856. The SMILES string of the molecule is Fc1ccc2c(c1)[C@H]1CCCN1CC2. The Morgan fingerprint density at radius 3 is 3.14 bits per heavy atom. The first kappa shape index (κ1) is 8.42. The lowest BCUT2D eigenvalue weighted by molar-refractivity contribution is 0.243. The molecule has 0 aliphatic carbocycles. The molecular formula is C12H14FN. The van der Waals surface area contributed by atoms with Crippen LogP contribution in [0.15, 0.2) is 18.2 Å². The van der Waals surface area contributed by atoms with Gasteiger partial charge in [0, 0.05) is 12.6 Å². The maximum atomic E-state index is 13.1. The molecule has 3 rings (SSSR count). The summed E-state index contributed by atoms with van der Waals surface area (Å²) in [6.07, 6.45) is 3.56. The molecule has 1 aromatic carbocycles. The fourth-order valence-electron chi connectivity index (χ4n) is 2.81. The molecule has 0 aromatic heterocycles.